The molecule has 0 aliphatic carbocycles. The number of aromatic nitrogens is 1. The van der Waals surface area contributed by atoms with Crippen LogP contribution in [-0.2, 0) is 0 Å². The first-order valence-electron chi connectivity index (χ1n) is 3.90. The number of pyridine rings is 1. The molecule has 0 radical (unpaired) electrons. The Morgan fingerprint density at radius 2 is 2.15 bits per heavy atom. The highest BCUT2D eigenvalue weighted by atomic mass is 16.5. The zero-order valence-electron chi connectivity index (χ0n) is 6.81. The Balaban J connectivity index is 2.42. The van der Waals surface area contributed by atoms with Crippen molar-refractivity contribution in [2.24, 2.45) is 0 Å². The fraction of sp³-hybridized carbons (Fsp3) is 0. The van der Waals surface area contributed by atoms with E-state index < -0.39 is 0 Å². The monoisotopic (exact) mass is 176 g/mol. The highest BCUT2D eigenvalue weighted by Gasteiger charge is 2.14. The van der Waals surface area contributed by atoms with Crippen molar-refractivity contribution >= 4 is 5.57 Å². The van der Waals surface area contributed by atoms with E-state index in [2.05, 4.69) is 0 Å². The number of allylic oxidation sites excluding steroid dienone is 2. The molecule has 0 saturated heterocycles. The van der Waals surface area contributed by atoms with E-state index in [1.807, 2.05) is 0 Å². The van der Waals surface area contributed by atoms with E-state index in [-0.39, 0.29) is 5.06 Å². The molecule has 4 heteroatoms. The predicted octanol–water partition coefficient (Wildman–Crippen LogP) is -0.429. The number of nitrogens with one attached hydrogen (secondary N) is 1. The first kappa shape index (κ1) is 7.97. The summed E-state index contributed by atoms with van der Waals surface area (Å²) in [5, 5.41) is 22.0. The van der Waals surface area contributed by atoms with E-state index in [4.69, 9.17) is 0 Å². The molecule has 1 aromatic heterocycles. The topological polar surface area (TPSA) is 54.4 Å². The van der Waals surface area contributed by atoms with E-state index in [1.165, 1.54) is 18.6 Å². The van der Waals surface area contributed by atoms with Crippen molar-refractivity contribution in [2.75, 3.05) is 0 Å². The Morgan fingerprint density at radius 1 is 1.31 bits per heavy atom. The van der Waals surface area contributed by atoms with Gasteiger partial charge in [0.2, 0.25) is 5.69 Å². The van der Waals surface area contributed by atoms with Crippen molar-refractivity contribution in [3.05, 3.63) is 59.0 Å². The van der Waals surface area contributed by atoms with Crippen LogP contribution in [0, 0.1) is 10.4 Å². The zero-order valence-corrected chi connectivity index (χ0v) is 6.81. The third kappa shape index (κ3) is 1.44. The van der Waals surface area contributed by atoms with Crippen LogP contribution in [0.2, 0.25) is 0 Å². The van der Waals surface area contributed by atoms with Crippen LogP contribution in [0.1, 0.15) is 5.69 Å². The minimum atomic E-state index is -0.0705. The summed E-state index contributed by atoms with van der Waals surface area (Å²) in [4.78, 5) is 0. The third-order valence-corrected chi connectivity index (χ3v) is 1.84. The quantitative estimate of drug-likeness (QED) is 0.466. The lowest BCUT2D eigenvalue weighted by Crippen LogP contribution is -2.95. The van der Waals surface area contributed by atoms with Gasteiger partial charge in [-0.15, -0.1) is 0 Å². The van der Waals surface area contributed by atoms with Gasteiger partial charge in [0.05, 0.1) is 6.20 Å². The van der Waals surface area contributed by atoms with Crippen LogP contribution in [0.5, 0.6) is 0 Å². The standard InChI is InChI=1S/C9H8N2O2/c12-10-6-4-8(7-10)9-3-1-2-5-11(9)13/h1-7,10H. The zero-order chi connectivity index (χ0) is 9.26. The van der Waals surface area contributed by atoms with Gasteiger partial charge in [0, 0.05) is 18.2 Å². The van der Waals surface area contributed by atoms with Crippen LogP contribution >= 0.6 is 0 Å². The van der Waals surface area contributed by atoms with Crippen LogP contribution in [0.4, 0.5) is 0 Å². The summed E-state index contributed by atoms with van der Waals surface area (Å²) in [5.41, 5.74) is 1.17. The van der Waals surface area contributed by atoms with Gasteiger partial charge in [-0.2, -0.15) is 4.73 Å². The lowest BCUT2D eigenvalue weighted by molar-refractivity contribution is -0.726. The Labute approximate surface area is 75.2 Å². The molecular weight excluding hydrogens is 168 g/mol. The minimum Gasteiger partial charge on any atom is -0.624 e. The van der Waals surface area contributed by atoms with Crippen molar-refractivity contribution in [1.82, 2.24) is 0 Å². The average Bonchev–Trinajstić information content (AvgIpc) is 2.53. The number of hydrogen-bond donors (Lipinski definition) is 1. The minimum absolute atomic E-state index is 0.0705. The third-order valence-electron chi connectivity index (χ3n) is 1.84. The number of hydrogen-bond acceptors (Lipinski definition) is 2. The summed E-state index contributed by atoms with van der Waals surface area (Å²) in [7, 11) is 0. The molecule has 1 aliphatic heterocycles. The second kappa shape index (κ2) is 3.01. The molecule has 0 fully saturated rings. The van der Waals surface area contributed by atoms with Crippen molar-refractivity contribution in [1.29, 1.82) is 0 Å². The van der Waals surface area contributed by atoms with Crippen LogP contribution in [0.3, 0.4) is 0 Å². The van der Waals surface area contributed by atoms with Crippen molar-refractivity contribution in [3.63, 3.8) is 0 Å². The van der Waals surface area contributed by atoms with Gasteiger partial charge >= 0.3 is 0 Å². The largest absolute Gasteiger partial charge is 0.624 e. The van der Waals surface area contributed by atoms with Crippen molar-refractivity contribution in [2.45, 2.75) is 0 Å². The maximum atomic E-state index is 11.2. The molecule has 1 unspecified atom stereocenters. The number of hydroxylamine groups is 2. The predicted molar refractivity (Wildman–Crippen MR) is 46.8 cm³/mol. The molecule has 0 aromatic carbocycles. The van der Waals surface area contributed by atoms with Gasteiger partial charge in [0.15, 0.2) is 6.20 Å². The lowest BCUT2D eigenvalue weighted by atomic mass is 10.2. The van der Waals surface area contributed by atoms with E-state index in [0.717, 1.165) is 4.73 Å². The molecule has 13 heavy (non-hydrogen) atoms. The average molecular weight is 176 g/mol. The second-order valence-corrected chi connectivity index (χ2v) is 2.75. The van der Waals surface area contributed by atoms with Gasteiger partial charge in [-0.05, 0) is 6.07 Å². The van der Waals surface area contributed by atoms with Gasteiger partial charge in [0.25, 0.3) is 0 Å². The maximum absolute atomic E-state index is 11.2. The molecule has 1 N–H and O–H groups in total. The van der Waals surface area contributed by atoms with Crippen LogP contribution in [-0.4, -0.2) is 0 Å². The number of nitrogens with zero attached hydrogens (tertiary/aromatic N) is 1. The van der Waals surface area contributed by atoms with Gasteiger partial charge in [0.1, 0.15) is 11.8 Å². The Kier molecular flexibility index (Phi) is 1.84. The Hall–Kier alpha value is -1.65. The summed E-state index contributed by atoms with van der Waals surface area (Å²) in [5.74, 6) is 0. The molecule has 1 aromatic rings. The summed E-state index contributed by atoms with van der Waals surface area (Å²) >= 11 is 0. The van der Waals surface area contributed by atoms with Gasteiger partial charge in [-0.25, -0.2) is 0 Å². The van der Waals surface area contributed by atoms with Crippen molar-refractivity contribution < 1.29 is 9.79 Å². The summed E-state index contributed by atoms with van der Waals surface area (Å²) in [6.07, 6.45) is 5.95. The molecule has 0 saturated carbocycles. The van der Waals surface area contributed by atoms with E-state index in [9.17, 15) is 10.4 Å². The van der Waals surface area contributed by atoms with Gasteiger partial charge in [-0.1, -0.05) is 0 Å². The van der Waals surface area contributed by atoms with Crippen LogP contribution in [0.25, 0.3) is 5.57 Å². The molecule has 1 aliphatic rings. The first-order valence-corrected chi connectivity index (χ1v) is 3.90. The molecule has 66 valence electrons. The second-order valence-electron chi connectivity index (χ2n) is 2.75. The summed E-state index contributed by atoms with van der Waals surface area (Å²) in [6, 6.07) is 5.10. The SMILES string of the molecule is [O-][n+]1ccccc1C1=C[NH+]([O-])C=C1. The molecule has 0 bridgehead atoms. The van der Waals surface area contributed by atoms with Gasteiger partial charge < -0.3 is 15.5 Å². The summed E-state index contributed by atoms with van der Waals surface area (Å²) < 4.78 is 0.745. The van der Waals surface area contributed by atoms with Crippen molar-refractivity contribution in [3.8, 4) is 0 Å². The van der Waals surface area contributed by atoms with E-state index in [1.54, 1.807) is 24.3 Å². The molecule has 0 amide bonds. The van der Waals surface area contributed by atoms with Crippen LogP contribution < -0.4 is 9.79 Å². The highest BCUT2D eigenvalue weighted by Crippen LogP contribution is 2.10. The molecule has 1 atom stereocenters. The van der Waals surface area contributed by atoms with E-state index in [0.29, 0.717) is 11.3 Å². The number of quaternary nitrogens is 1. The molecular formula is C9H8N2O2. The summed E-state index contributed by atoms with van der Waals surface area (Å²) in [6.45, 7) is 0. The first-order chi connectivity index (χ1) is 6.27. The fourth-order valence-corrected chi connectivity index (χ4v) is 1.23. The Morgan fingerprint density at radius 3 is 2.77 bits per heavy atom. The normalized spacial score (nSPS) is 20.4. The molecule has 2 heterocycles. The Bertz CT molecular complexity index is 385. The molecule has 4 nitrogen and oxygen atoms in total. The maximum Gasteiger partial charge on any atom is 0.229 e. The van der Waals surface area contributed by atoms with E-state index >= 15 is 0 Å². The highest BCUT2D eigenvalue weighted by molar-refractivity contribution is 5.69. The van der Waals surface area contributed by atoms with Gasteiger partial charge in [-0.3, -0.25) is 0 Å². The fourth-order valence-electron chi connectivity index (χ4n) is 1.23. The molecule has 2 rings (SSSR count). The molecule has 0 spiro atoms. The smallest absolute Gasteiger partial charge is 0.229 e. The van der Waals surface area contributed by atoms with Crippen LogP contribution in [0.15, 0.2) is 42.9 Å². The lowest BCUT2D eigenvalue weighted by Gasteiger charge is -2.06. The number of rotatable bonds is 1.